The lowest BCUT2D eigenvalue weighted by Crippen LogP contribution is -2.59. The molecule has 1 N–H and O–H groups in total. The van der Waals surface area contributed by atoms with Crippen molar-refractivity contribution in [2.75, 3.05) is 18.8 Å². The summed E-state index contributed by atoms with van der Waals surface area (Å²) in [4.78, 5) is 34.1. The molecule has 0 aromatic carbocycles. The molecule has 170 valence electrons. The number of rotatable bonds is 7. The van der Waals surface area contributed by atoms with Gasteiger partial charge in [-0.2, -0.15) is 4.31 Å². The predicted octanol–water partition coefficient (Wildman–Crippen LogP) is 2.38. The van der Waals surface area contributed by atoms with E-state index < -0.39 is 28.1 Å². The summed E-state index contributed by atoms with van der Waals surface area (Å²) < 4.78 is 32.8. The van der Waals surface area contributed by atoms with Crippen molar-refractivity contribution in [1.29, 1.82) is 0 Å². The molecule has 1 amide bonds. The Morgan fingerprint density at radius 3 is 2.88 bits per heavy atom. The smallest absolute Gasteiger partial charge is 0.304 e. The van der Waals surface area contributed by atoms with Crippen LogP contribution in [-0.2, 0) is 37.3 Å². The number of esters is 1. The number of thiophene rings is 1. The van der Waals surface area contributed by atoms with Crippen molar-refractivity contribution in [3.8, 4) is 0 Å². The average Bonchev–Trinajstić information content (AvgIpc) is 3.33. The molecule has 0 saturated carbocycles. The summed E-state index contributed by atoms with van der Waals surface area (Å²) in [5.74, 6) is -1.21. The SMILES string of the molecule is CC(=O)OC1CN(S(=O)(=O)CCc2ccc(Cl)s2)CC(=O)N1Cc1cc2cnccc2[nH]1. The van der Waals surface area contributed by atoms with Crippen molar-refractivity contribution in [3.63, 3.8) is 0 Å². The first kappa shape index (κ1) is 22.7. The van der Waals surface area contributed by atoms with Gasteiger partial charge in [0, 0.05) is 40.8 Å². The van der Waals surface area contributed by atoms with Crippen LogP contribution in [0.3, 0.4) is 0 Å². The van der Waals surface area contributed by atoms with Crippen LogP contribution in [0.5, 0.6) is 0 Å². The summed E-state index contributed by atoms with van der Waals surface area (Å²) in [5, 5.41) is 0.883. The largest absolute Gasteiger partial charge is 0.440 e. The van der Waals surface area contributed by atoms with Crippen molar-refractivity contribution in [3.05, 3.63) is 51.6 Å². The number of hydrogen-bond acceptors (Lipinski definition) is 7. The lowest BCUT2D eigenvalue weighted by Gasteiger charge is -2.39. The molecule has 3 aromatic heterocycles. The van der Waals surface area contributed by atoms with Crippen molar-refractivity contribution in [2.45, 2.75) is 26.1 Å². The van der Waals surface area contributed by atoms with Gasteiger partial charge in [0.1, 0.15) is 0 Å². The highest BCUT2D eigenvalue weighted by molar-refractivity contribution is 7.89. The van der Waals surface area contributed by atoms with Crippen LogP contribution < -0.4 is 0 Å². The highest BCUT2D eigenvalue weighted by atomic mass is 35.5. The van der Waals surface area contributed by atoms with Crippen LogP contribution in [0, 0.1) is 0 Å². The monoisotopic (exact) mass is 496 g/mol. The van der Waals surface area contributed by atoms with E-state index in [9.17, 15) is 18.0 Å². The zero-order valence-corrected chi connectivity index (χ0v) is 19.5. The maximum atomic E-state index is 12.9. The summed E-state index contributed by atoms with van der Waals surface area (Å²) in [5.41, 5.74) is 1.59. The number of nitrogens with zero attached hydrogens (tertiary/aromatic N) is 3. The van der Waals surface area contributed by atoms with Crippen LogP contribution in [0.15, 0.2) is 36.7 Å². The number of piperazine rings is 1. The molecule has 1 fully saturated rings. The Bertz CT molecular complexity index is 1220. The van der Waals surface area contributed by atoms with Crippen molar-refractivity contribution in [2.24, 2.45) is 0 Å². The number of nitrogens with one attached hydrogen (secondary N) is 1. The van der Waals surface area contributed by atoms with Crippen LogP contribution in [-0.4, -0.2) is 64.5 Å². The number of fused-ring (bicyclic) bond motifs is 1. The molecule has 1 atom stereocenters. The quantitative estimate of drug-likeness (QED) is 0.502. The number of amides is 1. The second-order valence-electron chi connectivity index (χ2n) is 7.41. The van der Waals surface area contributed by atoms with Gasteiger partial charge >= 0.3 is 5.97 Å². The maximum absolute atomic E-state index is 12.9. The number of carbonyl (C=O) groups is 2. The minimum Gasteiger partial charge on any atom is -0.440 e. The van der Waals surface area contributed by atoms with E-state index in [4.69, 9.17) is 16.3 Å². The van der Waals surface area contributed by atoms with Crippen molar-refractivity contribution in [1.82, 2.24) is 19.2 Å². The van der Waals surface area contributed by atoms with E-state index in [0.717, 1.165) is 25.8 Å². The zero-order chi connectivity index (χ0) is 22.9. The normalized spacial score (nSPS) is 17.8. The molecule has 1 unspecified atom stereocenters. The first-order chi connectivity index (χ1) is 15.2. The first-order valence-corrected chi connectivity index (χ1v) is 12.6. The molecule has 32 heavy (non-hydrogen) atoms. The number of hydrogen-bond donors (Lipinski definition) is 1. The molecule has 3 aromatic rings. The minimum absolute atomic E-state index is 0.124. The molecule has 1 aliphatic heterocycles. The number of sulfonamides is 1. The van der Waals surface area contributed by atoms with E-state index in [1.165, 1.54) is 23.2 Å². The topological polar surface area (TPSA) is 113 Å². The fourth-order valence-corrected chi connectivity index (χ4v) is 6.19. The number of aromatic nitrogens is 2. The van der Waals surface area contributed by atoms with Crippen LogP contribution in [0.1, 0.15) is 17.5 Å². The molecule has 0 aliphatic carbocycles. The predicted molar refractivity (Wildman–Crippen MR) is 121 cm³/mol. The first-order valence-electron chi connectivity index (χ1n) is 9.81. The molecule has 4 rings (SSSR count). The van der Waals surface area contributed by atoms with Gasteiger partial charge in [-0.05, 0) is 30.7 Å². The Hall–Kier alpha value is -2.47. The number of halogens is 1. The summed E-state index contributed by atoms with van der Waals surface area (Å²) in [6.07, 6.45) is 2.62. The molecular formula is C20H21ClN4O5S2. The van der Waals surface area contributed by atoms with E-state index in [-0.39, 0.29) is 31.8 Å². The summed E-state index contributed by atoms with van der Waals surface area (Å²) in [7, 11) is -3.75. The second-order valence-corrected chi connectivity index (χ2v) is 11.3. The molecule has 0 bridgehead atoms. The second kappa shape index (κ2) is 9.18. The van der Waals surface area contributed by atoms with Gasteiger partial charge in [-0.25, -0.2) is 8.42 Å². The minimum atomic E-state index is -3.75. The molecule has 4 heterocycles. The Labute approximate surface area is 194 Å². The highest BCUT2D eigenvalue weighted by Crippen LogP contribution is 2.24. The van der Waals surface area contributed by atoms with Gasteiger partial charge in [-0.1, -0.05) is 11.6 Å². The lowest BCUT2D eigenvalue weighted by atomic mass is 10.2. The number of H-pyrrole nitrogens is 1. The third-order valence-corrected chi connectivity index (χ3v) is 8.16. The zero-order valence-electron chi connectivity index (χ0n) is 17.2. The maximum Gasteiger partial charge on any atom is 0.304 e. The van der Waals surface area contributed by atoms with Gasteiger partial charge in [-0.3, -0.25) is 19.5 Å². The third kappa shape index (κ3) is 5.12. The average molecular weight is 497 g/mol. The fraction of sp³-hybridized carbons (Fsp3) is 0.350. The van der Waals surface area contributed by atoms with Gasteiger partial charge in [0.2, 0.25) is 15.9 Å². The van der Waals surface area contributed by atoms with Gasteiger partial charge in [0.15, 0.2) is 6.23 Å². The number of pyridine rings is 1. The molecule has 0 radical (unpaired) electrons. The number of ether oxygens (including phenoxy) is 1. The number of carbonyl (C=O) groups excluding carboxylic acids is 2. The molecule has 1 aliphatic rings. The molecule has 12 heteroatoms. The summed E-state index contributed by atoms with van der Waals surface area (Å²) in [6.45, 7) is 0.937. The molecular weight excluding hydrogens is 476 g/mol. The Morgan fingerprint density at radius 2 is 2.19 bits per heavy atom. The van der Waals surface area contributed by atoms with Crippen molar-refractivity contribution >= 4 is 55.7 Å². The molecule has 0 spiro atoms. The Morgan fingerprint density at radius 1 is 1.38 bits per heavy atom. The van der Waals surface area contributed by atoms with E-state index in [1.54, 1.807) is 24.5 Å². The van der Waals surface area contributed by atoms with Crippen LogP contribution in [0.4, 0.5) is 0 Å². The van der Waals surface area contributed by atoms with E-state index in [2.05, 4.69) is 9.97 Å². The van der Waals surface area contributed by atoms with Gasteiger partial charge < -0.3 is 9.72 Å². The van der Waals surface area contributed by atoms with E-state index in [1.807, 2.05) is 12.1 Å². The third-order valence-electron chi connectivity index (χ3n) is 5.09. The van der Waals surface area contributed by atoms with Crippen molar-refractivity contribution < 1.29 is 22.7 Å². The fourth-order valence-electron chi connectivity index (χ4n) is 3.58. The lowest BCUT2D eigenvalue weighted by molar-refractivity contribution is -0.170. The van der Waals surface area contributed by atoms with Gasteiger partial charge in [0.25, 0.3) is 0 Å². The van der Waals surface area contributed by atoms with E-state index in [0.29, 0.717) is 4.34 Å². The Kier molecular flexibility index (Phi) is 6.52. The summed E-state index contributed by atoms with van der Waals surface area (Å²) in [6, 6.07) is 7.17. The number of aromatic amines is 1. The molecule has 1 saturated heterocycles. The van der Waals surface area contributed by atoms with Crippen LogP contribution in [0.2, 0.25) is 4.34 Å². The summed E-state index contributed by atoms with van der Waals surface area (Å²) >= 11 is 7.23. The van der Waals surface area contributed by atoms with Gasteiger partial charge in [0.05, 0.1) is 29.7 Å². The van der Waals surface area contributed by atoms with Crippen LogP contribution in [0.25, 0.3) is 10.9 Å². The number of aryl methyl sites for hydroxylation is 1. The highest BCUT2D eigenvalue weighted by Gasteiger charge is 2.39. The van der Waals surface area contributed by atoms with Gasteiger partial charge in [-0.15, -0.1) is 11.3 Å². The Balaban J connectivity index is 1.50. The molecule has 9 nitrogen and oxygen atoms in total. The van der Waals surface area contributed by atoms with Crippen LogP contribution >= 0.6 is 22.9 Å². The standard InChI is InChI=1S/C20H21ClN4O5S2/c1-13(26)30-20-12-24(32(28,29)7-5-16-2-3-18(21)31-16)11-19(27)25(20)10-15-8-14-9-22-6-4-17(14)23-15/h2-4,6,8-9,20,23H,5,7,10-12H2,1H3. The van der Waals surface area contributed by atoms with E-state index >= 15 is 0 Å².